The molecule has 1 fully saturated rings. The van der Waals surface area contributed by atoms with Crippen molar-refractivity contribution >= 4 is 28.7 Å². The Kier molecular flexibility index (Phi) is 6.48. The van der Waals surface area contributed by atoms with Crippen molar-refractivity contribution in [3.63, 3.8) is 0 Å². The number of para-hydroxylation sites is 1. The third kappa shape index (κ3) is 4.40. The molecule has 2 aliphatic rings. The molecule has 1 aromatic heterocycles. The van der Waals surface area contributed by atoms with Crippen LogP contribution in [0.25, 0.3) is 10.9 Å². The molecule has 2 amide bonds. The number of nitrogens with zero attached hydrogens (tertiary/aromatic N) is 2. The lowest BCUT2D eigenvalue weighted by molar-refractivity contribution is -0.210. The Bertz CT molecular complexity index is 1530. The maximum absolute atomic E-state index is 12.9. The van der Waals surface area contributed by atoms with E-state index >= 15 is 0 Å². The van der Waals surface area contributed by atoms with Gasteiger partial charge in [-0.2, -0.15) is 0 Å². The van der Waals surface area contributed by atoms with Gasteiger partial charge in [0, 0.05) is 18.1 Å². The van der Waals surface area contributed by atoms with E-state index in [1.165, 1.54) is 4.90 Å². The molecule has 0 spiro atoms. The van der Waals surface area contributed by atoms with Crippen LogP contribution in [0.1, 0.15) is 42.9 Å². The number of hydrogen-bond donors (Lipinski definition) is 2. The number of benzene rings is 3. The maximum atomic E-state index is 12.9. The number of aromatic nitrogens is 1. The summed E-state index contributed by atoms with van der Waals surface area (Å²) >= 11 is 0. The summed E-state index contributed by atoms with van der Waals surface area (Å²) in [5.74, 6) is -1.29. The average molecular weight is 527 g/mol. The zero-order valence-corrected chi connectivity index (χ0v) is 20.8. The van der Waals surface area contributed by atoms with Gasteiger partial charge >= 0.3 is 5.97 Å². The third-order valence-electron chi connectivity index (χ3n) is 7.28. The number of ether oxygens (including phenoxy) is 2. The van der Waals surface area contributed by atoms with Gasteiger partial charge in [-0.05, 0) is 42.3 Å². The SMILES string of the molecule is O=C(OC1C(O)C(O)COC1n1cc(CCN2C(=O)c3ccccc3C2=O)c2ccccc21)c1ccccc1. The van der Waals surface area contributed by atoms with E-state index in [9.17, 15) is 24.6 Å². The molecular weight excluding hydrogens is 500 g/mol. The van der Waals surface area contributed by atoms with Crippen molar-refractivity contribution in [2.45, 2.75) is 31.0 Å². The normalized spacial score (nSPS) is 22.8. The molecule has 4 atom stereocenters. The second-order valence-electron chi connectivity index (χ2n) is 9.65. The van der Waals surface area contributed by atoms with Gasteiger partial charge in [-0.1, -0.05) is 48.5 Å². The zero-order chi connectivity index (χ0) is 27.1. The second-order valence-corrected chi connectivity index (χ2v) is 9.65. The second kappa shape index (κ2) is 10.1. The van der Waals surface area contributed by atoms with Gasteiger partial charge in [0.25, 0.3) is 11.8 Å². The molecule has 9 heteroatoms. The van der Waals surface area contributed by atoms with Gasteiger partial charge in [-0.15, -0.1) is 0 Å². The van der Waals surface area contributed by atoms with Crippen LogP contribution in [0.5, 0.6) is 0 Å². The Morgan fingerprint density at radius 2 is 1.54 bits per heavy atom. The van der Waals surface area contributed by atoms with Crippen LogP contribution in [-0.2, 0) is 15.9 Å². The summed E-state index contributed by atoms with van der Waals surface area (Å²) in [5, 5.41) is 22.0. The molecule has 3 heterocycles. The lowest BCUT2D eigenvalue weighted by Gasteiger charge is -2.38. The highest BCUT2D eigenvalue weighted by atomic mass is 16.6. The summed E-state index contributed by atoms with van der Waals surface area (Å²) < 4.78 is 13.4. The first kappa shape index (κ1) is 25.0. The molecule has 2 aliphatic heterocycles. The Morgan fingerprint density at radius 1 is 0.897 bits per heavy atom. The topological polar surface area (TPSA) is 118 Å². The molecule has 4 aromatic rings. The Morgan fingerprint density at radius 3 is 2.26 bits per heavy atom. The van der Waals surface area contributed by atoms with Crippen LogP contribution in [0.3, 0.4) is 0 Å². The van der Waals surface area contributed by atoms with Crippen molar-refractivity contribution < 1.29 is 34.1 Å². The molecule has 0 bridgehead atoms. The lowest BCUT2D eigenvalue weighted by Crippen LogP contribution is -2.52. The first-order valence-corrected chi connectivity index (χ1v) is 12.7. The molecule has 39 heavy (non-hydrogen) atoms. The first-order valence-electron chi connectivity index (χ1n) is 12.7. The molecule has 0 aliphatic carbocycles. The molecule has 198 valence electrons. The molecule has 4 unspecified atom stereocenters. The van der Waals surface area contributed by atoms with E-state index in [1.807, 2.05) is 30.5 Å². The minimum atomic E-state index is -1.38. The smallest absolute Gasteiger partial charge is 0.338 e. The van der Waals surface area contributed by atoms with E-state index in [2.05, 4.69) is 0 Å². The lowest BCUT2D eigenvalue weighted by atomic mass is 10.0. The fourth-order valence-electron chi connectivity index (χ4n) is 5.27. The van der Waals surface area contributed by atoms with Gasteiger partial charge in [0.15, 0.2) is 12.3 Å². The van der Waals surface area contributed by atoms with E-state index in [1.54, 1.807) is 59.2 Å². The van der Waals surface area contributed by atoms with Gasteiger partial charge < -0.3 is 24.3 Å². The van der Waals surface area contributed by atoms with Crippen molar-refractivity contribution in [3.8, 4) is 0 Å². The van der Waals surface area contributed by atoms with E-state index < -0.39 is 30.5 Å². The molecule has 3 aromatic carbocycles. The number of aliphatic hydroxyl groups is 2. The predicted octanol–water partition coefficient (Wildman–Crippen LogP) is 2.96. The van der Waals surface area contributed by atoms with Gasteiger partial charge in [0.05, 0.1) is 28.8 Å². The van der Waals surface area contributed by atoms with Crippen LogP contribution in [0, 0.1) is 0 Å². The van der Waals surface area contributed by atoms with Crippen LogP contribution in [-0.4, -0.2) is 68.9 Å². The Labute approximate surface area is 223 Å². The Hall–Kier alpha value is -4.31. The molecule has 0 radical (unpaired) electrons. The number of carbonyl (C=O) groups is 3. The molecular formula is C30H26N2O7. The monoisotopic (exact) mass is 526 g/mol. The van der Waals surface area contributed by atoms with Crippen molar-refractivity contribution in [2.24, 2.45) is 0 Å². The highest BCUT2D eigenvalue weighted by Crippen LogP contribution is 2.33. The molecule has 0 saturated carbocycles. The van der Waals surface area contributed by atoms with Crippen LogP contribution in [0.2, 0.25) is 0 Å². The fourth-order valence-corrected chi connectivity index (χ4v) is 5.27. The van der Waals surface area contributed by atoms with Crippen molar-refractivity contribution in [3.05, 3.63) is 107 Å². The molecule has 6 rings (SSSR count). The van der Waals surface area contributed by atoms with E-state index in [0.717, 1.165) is 16.5 Å². The first-order chi connectivity index (χ1) is 18.9. The van der Waals surface area contributed by atoms with Crippen LogP contribution >= 0.6 is 0 Å². The largest absolute Gasteiger partial charge is 0.451 e. The number of imide groups is 1. The highest BCUT2D eigenvalue weighted by Gasteiger charge is 2.43. The summed E-state index contributed by atoms with van der Waals surface area (Å²) in [6.45, 7) is 0.0295. The van der Waals surface area contributed by atoms with Crippen molar-refractivity contribution in [1.29, 1.82) is 0 Å². The maximum Gasteiger partial charge on any atom is 0.338 e. The quantitative estimate of drug-likeness (QED) is 0.293. The van der Waals surface area contributed by atoms with Gasteiger partial charge in [-0.3, -0.25) is 14.5 Å². The van der Waals surface area contributed by atoms with Crippen LogP contribution < -0.4 is 0 Å². The highest BCUT2D eigenvalue weighted by molar-refractivity contribution is 6.21. The standard InChI is InChI=1S/C30H26N2O7/c33-24-17-38-29(26(25(24)34)39-30(37)18-8-2-1-3-9-18)32-16-19(20-10-6-7-13-23(20)32)14-15-31-27(35)21-11-4-5-12-22(21)28(31)36/h1-13,16,24-26,29,33-34H,14-15,17H2. The molecule has 1 saturated heterocycles. The zero-order valence-electron chi connectivity index (χ0n) is 20.8. The third-order valence-corrected chi connectivity index (χ3v) is 7.28. The Balaban J connectivity index is 1.29. The van der Waals surface area contributed by atoms with Crippen molar-refractivity contribution in [2.75, 3.05) is 13.2 Å². The number of rotatable bonds is 6. The molecule has 9 nitrogen and oxygen atoms in total. The van der Waals surface area contributed by atoms with Gasteiger partial charge in [0.1, 0.15) is 12.2 Å². The summed E-state index contributed by atoms with van der Waals surface area (Å²) in [4.78, 5) is 39.8. The predicted molar refractivity (Wildman–Crippen MR) is 140 cm³/mol. The van der Waals surface area contributed by atoms with E-state index in [0.29, 0.717) is 23.1 Å². The summed E-state index contributed by atoms with van der Waals surface area (Å²) in [6.07, 6.45) is -2.52. The summed E-state index contributed by atoms with van der Waals surface area (Å²) in [5.41, 5.74) is 2.71. The van der Waals surface area contributed by atoms with E-state index in [4.69, 9.17) is 9.47 Å². The van der Waals surface area contributed by atoms with Crippen LogP contribution in [0.15, 0.2) is 85.1 Å². The van der Waals surface area contributed by atoms with Crippen LogP contribution in [0.4, 0.5) is 0 Å². The average Bonchev–Trinajstić information content (AvgIpc) is 3.45. The van der Waals surface area contributed by atoms with Gasteiger partial charge in [0.2, 0.25) is 0 Å². The minimum absolute atomic E-state index is 0.151. The van der Waals surface area contributed by atoms with Crippen molar-refractivity contribution in [1.82, 2.24) is 9.47 Å². The van der Waals surface area contributed by atoms with E-state index in [-0.39, 0.29) is 25.0 Å². The van der Waals surface area contributed by atoms with Gasteiger partial charge in [-0.25, -0.2) is 4.79 Å². The number of amides is 2. The number of carbonyl (C=O) groups excluding carboxylic acids is 3. The summed E-state index contributed by atoms with van der Waals surface area (Å²) in [7, 11) is 0. The minimum Gasteiger partial charge on any atom is -0.451 e. The summed E-state index contributed by atoms with van der Waals surface area (Å²) in [6, 6.07) is 22.7. The number of esters is 1. The number of fused-ring (bicyclic) bond motifs is 2. The fraction of sp³-hybridized carbons (Fsp3) is 0.233. The number of hydrogen-bond acceptors (Lipinski definition) is 7. The number of aliphatic hydroxyl groups excluding tert-OH is 2. The molecule has 2 N–H and O–H groups in total.